The average molecular weight is 500 g/mol. The number of hydrogen-bond acceptors (Lipinski definition) is 2. The van der Waals surface area contributed by atoms with Gasteiger partial charge in [0.1, 0.15) is 22.3 Å². The van der Waals surface area contributed by atoms with Crippen LogP contribution in [0.3, 0.4) is 0 Å². The van der Waals surface area contributed by atoms with Crippen molar-refractivity contribution in [2.45, 2.75) is 0 Å². The third-order valence-electron chi connectivity index (χ3n) is 8.01. The second-order valence-corrected chi connectivity index (χ2v) is 10.1. The maximum atomic E-state index is 6.42. The van der Waals surface area contributed by atoms with Crippen LogP contribution in [-0.4, -0.2) is 4.57 Å². The molecule has 39 heavy (non-hydrogen) atoms. The molecule has 0 spiro atoms. The Balaban J connectivity index is 1.26. The third kappa shape index (κ3) is 2.87. The van der Waals surface area contributed by atoms with E-state index in [1.165, 1.54) is 21.8 Å². The summed E-state index contributed by atoms with van der Waals surface area (Å²) in [5, 5.41) is 7.01. The average Bonchev–Trinajstić information content (AvgIpc) is 3.65. The van der Waals surface area contributed by atoms with E-state index < -0.39 is 0 Å². The fourth-order valence-corrected chi connectivity index (χ4v) is 6.29. The molecule has 182 valence electrons. The Labute approximate surface area is 223 Å². The summed E-state index contributed by atoms with van der Waals surface area (Å²) >= 11 is 0. The van der Waals surface area contributed by atoms with Crippen molar-refractivity contribution in [2.24, 2.45) is 0 Å². The van der Waals surface area contributed by atoms with Gasteiger partial charge in [-0.1, -0.05) is 72.8 Å². The van der Waals surface area contributed by atoms with Crippen LogP contribution in [0.25, 0.3) is 82.5 Å². The topological polar surface area (TPSA) is 31.2 Å². The quantitative estimate of drug-likeness (QED) is 0.237. The van der Waals surface area contributed by atoms with E-state index in [9.17, 15) is 0 Å². The van der Waals surface area contributed by atoms with E-state index in [0.29, 0.717) is 0 Å². The van der Waals surface area contributed by atoms with Crippen molar-refractivity contribution in [2.75, 3.05) is 0 Å². The normalized spacial score (nSPS) is 12.1. The zero-order valence-electron chi connectivity index (χ0n) is 20.9. The molecule has 3 nitrogen and oxygen atoms in total. The molecule has 0 unspecified atom stereocenters. The molecular weight excluding hydrogens is 478 g/mol. The van der Waals surface area contributed by atoms with E-state index in [-0.39, 0.29) is 0 Å². The predicted octanol–water partition coefficient (Wildman–Crippen LogP) is 10.2. The zero-order valence-corrected chi connectivity index (χ0v) is 20.9. The van der Waals surface area contributed by atoms with Gasteiger partial charge in [0, 0.05) is 44.1 Å². The van der Waals surface area contributed by atoms with Crippen molar-refractivity contribution >= 4 is 65.7 Å². The summed E-state index contributed by atoms with van der Waals surface area (Å²) < 4.78 is 14.9. The molecule has 0 N–H and O–H groups in total. The molecule has 0 saturated heterocycles. The third-order valence-corrected chi connectivity index (χ3v) is 8.01. The lowest BCUT2D eigenvalue weighted by atomic mass is 9.98. The molecule has 0 atom stereocenters. The Morgan fingerprint density at radius 3 is 1.90 bits per heavy atom. The summed E-state index contributed by atoms with van der Waals surface area (Å²) in [5.41, 5.74) is 9.37. The molecule has 6 aromatic carbocycles. The Kier molecular flexibility index (Phi) is 4.05. The van der Waals surface area contributed by atoms with Crippen molar-refractivity contribution < 1.29 is 8.83 Å². The predicted molar refractivity (Wildman–Crippen MR) is 161 cm³/mol. The number of furan rings is 2. The van der Waals surface area contributed by atoms with Crippen LogP contribution in [-0.2, 0) is 0 Å². The van der Waals surface area contributed by atoms with Gasteiger partial charge in [-0.15, -0.1) is 0 Å². The van der Waals surface area contributed by atoms with Crippen molar-refractivity contribution in [3.05, 3.63) is 127 Å². The van der Waals surface area contributed by atoms with Crippen LogP contribution >= 0.6 is 0 Å². The highest BCUT2D eigenvalue weighted by molar-refractivity contribution is 6.14. The van der Waals surface area contributed by atoms with Gasteiger partial charge in [-0.25, -0.2) is 0 Å². The molecule has 9 aromatic rings. The smallest absolute Gasteiger partial charge is 0.137 e. The Bertz CT molecular complexity index is 2350. The number of benzene rings is 6. The minimum atomic E-state index is 0.883. The molecule has 0 amide bonds. The summed E-state index contributed by atoms with van der Waals surface area (Å²) in [6.45, 7) is 0. The number of hydrogen-bond donors (Lipinski definition) is 0. The van der Waals surface area contributed by atoms with Crippen LogP contribution in [0, 0.1) is 0 Å². The minimum Gasteiger partial charge on any atom is -0.456 e. The van der Waals surface area contributed by atoms with Crippen molar-refractivity contribution in [3.8, 4) is 16.8 Å². The summed E-state index contributed by atoms with van der Waals surface area (Å²) in [4.78, 5) is 0. The molecule has 0 aliphatic carbocycles. The molecule has 0 radical (unpaired) electrons. The Morgan fingerprint density at radius 2 is 1.08 bits per heavy atom. The minimum absolute atomic E-state index is 0.883. The first-order valence-corrected chi connectivity index (χ1v) is 13.2. The van der Waals surface area contributed by atoms with Gasteiger partial charge in [0.2, 0.25) is 0 Å². The molecular formula is C36H21NO2. The number of fused-ring (bicyclic) bond motifs is 9. The number of nitrogens with zero attached hydrogens (tertiary/aromatic N) is 1. The van der Waals surface area contributed by atoms with Gasteiger partial charge < -0.3 is 13.4 Å². The summed E-state index contributed by atoms with van der Waals surface area (Å²) in [6, 6.07) is 44.7. The van der Waals surface area contributed by atoms with Gasteiger partial charge in [0.15, 0.2) is 0 Å². The highest BCUT2D eigenvalue weighted by Gasteiger charge is 2.16. The maximum Gasteiger partial charge on any atom is 0.137 e. The van der Waals surface area contributed by atoms with Gasteiger partial charge in [0.25, 0.3) is 0 Å². The molecule has 3 aromatic heterocycles. The molecule has 0 bridgehead atoms. The summed E-state index contributed by atoms with van der Waals surface area (Å²) in [5.74, 6) is 0. The van der Waals surface area contributed by atoms with Gasteiger partial charge >= 0.3 is 0 Å². The highest BCUT2D eigenvalue weighted by Crippen LogP contribution is 2.40. The fraction of sp³-hybridized carbons (Fsp3) is 0. The molecule has 3 heterocycles. The second-order valence-electron chi connectivity index (χ2n) is 10.1. The Morgan fingerprint density at radius 1 is 0.410 bits per heavy atom. The lowest BCUT2D eigenvalue weighted by Crippen LogP contribution is -1.93. The SMILES string of the molecule is c1ccc2c(c1)oc1cccc(-c3ccc4oc5cc(-n6c7ccccc7c7ccccc76)ccc5c4c3)c12. The van der Waals surface area contributed by atoms with Gasteiger partial charge in [-0.2, -0.15) is 0 Å². The van der Waals surface area contributed by atoms with Crippen molar-refractivity contribution in [1.82, 2.24) is 4.57 Å². The Hall–Kier alpha value is -5.28. The summed E-state index contributed by atoms with van der Waals surface area (Å²) in [6.07, 6.45) is 0. The van der Waals surface area contributed by atoms with Crippen LogP contribution in [0.2, 0.25) is 0 Å². The van der Waals surface area contributed by atoms with E-state index in [2.05, 4.69) is 114 Å². The first-order chi connectivity index (χ1) is 19.3. The lowest BCUT2D eigenvalue weighted by Gasteiger charge is -2.07. The maximum absolute atomic E-state index is 6.42. The van der Waals surface area contributed by atoms with E-state index in [1.807, 2.05) is 18.2 Å². The monoisotopic (exact) mass is 499 g/mol. The van der Waals surface area contributed by atoms with E-state index in [4.69, 9.17) is 8.83 Å². The van der Waals surface area contributed by atoms with Gasteiger partial charge in [-0.3, -0.25) is 0 Å². The summed E-state index contributed by atoms with van der Waals surface area (Å²) in [7, 11) is 0. The van der Waals surface area contributed by atoms with Crippen molar-refractivity contribution in [1.29, 1.82) is 0 Å². The van der Waals surface area contributed by atoms with Crippen molar-refractivity contribution in [3.63, 3.8) is 0 Å². The molecule has 0 saturated carbocycles. The number of para-hydroxylation sites is 3. The molecule has 9 rings (SSSR count). The number of rotatable bonds is 2. The first-order valence-electron chi connectivity index (χ1n) is 13.2. The van der Waals surface area contributed by atoms with Crippen LogP contribution in [0.1, 0.15) is 0 Å². The molecule has 0 aliphatic rings. The largest absolute Gasteiger partial charge is 0.456 e. The van der Waals surface area contributed by atoms with E-state index in [1.54, 1.807) is 0 Å². The highest BCUT2D eigenvalue weighted by atomic mass is 16.3. The van der Waals surface area contributed by atoms with E-state index >= 15 is 0 Å². The standard InChI is InChI=1S/C36H21NO2/c1-4-12-30-25(8-1)26-9-2-5-13-31(26)37(30)23-17-18-27-29-20-22(16-19-33(29)39-35(27)21-23)24-11-7-15-34-36(24)28-10-3-6-14-32(28)38-34/h1-21H. The van der Waals surface area contributed by atoms with Gasteiger partial charge in [0.05, 0.1) is 11.0 Å². The van der Waals surface area contributed by atoms with Crippen LogP contribution in [0.5, 0.6) is 0 Å². The molecule has 0 aliphatic heterocycles. The van der Waals surface area contributed by atoms with Crippen LogP contribution in [0.15, 0.2) is 136 Å². The second kappa shape index (κ2) is 7.62. The number of aromatic nitrogens is 1. The van der Waals surface area contributed by atoms with Crippen LogP contribution < -0.4 is 0 Å². The lowest BCUT2D eigenvalue weighted by molar-refractivity contribution is 0.668. The first kappa shape index (κ1) is 20.7. The van der Waals surface area contributed by atoms with Crippen LogP contribution in [0.4, 0.5) is 0 Å². The zero-order chi connectivity index (χ0) is 25.5. The molecule has 0 fully saturated rings. The fourth-order valence-electron chi connectivity index (χ4n) is 6.29. The van der Waals surface area contributed by atoms with E-state index in [0.717, 1.165) is 60.7 Å². The van der Waals surface area contributed by atoms with Gasteiger partial charge in [-0.05, 0) is 59.7 Å². The molecule has 3 heteroatoms.